The minimum atomic E-state index is -0.313. The van der Waals surface area contributed by atoms with Crippen molar-refractivity contribution in [1.29, 1.82) is 0 Å². The number of carbonyl (C=O) groups excluding carboxylic acids is 1. The van der Waals surface area contributed by atoms with Crippen molar-refractivity contribution in [3.8, 4) is 0 Å². The monoisotopic (exact) mass is 476 g/mol. The van der Waals surface area contributed by atoms with Crippen LogP contribution in [0.2, 0.25) is 11.6 Å². The first-order valence-electron chi connectivity index (χ1n) is 14.2. The van der Waals surface area contributed by atoms with Crippen LogP contribution in [-0.2, 0) is 14.2 Å². The summed E-state index contributed by atoms with van der Waals surface area (Å²) in [7, 11) is 0. The minimum absolute atomic E-state index is 0.142. The van der Waals surface area contributed by atoms with E-state index in [1.54, 1.807) is 6.08 Å². The smallest absolute Gasteiger partial charge is 0.364 e. The maximum absolute atomic E-state index is 12.6. The van der Waals surface area contributed by atoms with Crippen molar-refractivity contribution >= 4 is 18.6 Å². The first kappa shape index (κ1) is 25.0. The highest BCUT2D eigenvalue weighted by molar-refractivity contribution is 6.56. The van der Waals surface area contributed by atoms with Gasteiger partial charge in [-0.25, -0.2) is 4.79 Å². The van der Waals surface area contributed by atoms with E-state index in [-0.39, 0.29) is 12.9 Å². The average molecular weight is 477 g/mol. The van der Waals surface area contributed by atoms with Crippen LogP contribution >= 0.6 is 0 Å². The highest BCUT2D eigenvalue weighted by atomic mass is 16.5. The van der Waals surface area contributed by atoms with Gasteiger partial charge >= 0.3 is 12.9 Å². The molecule has 35 heavy (non-hydrogen) atoms. The molecule has 0 radical (unpaired) electrons. The second kappa shape index (κ2) is 9.00. The normalized spacial score (nSPS) is 38.5. The quantitative estimate of drug-likeness (QED) is 0.175. The number of hydrogen-bond acceptors (Lipinski definition) is 3. The number of benzene rings is 1. The fourth-order valence-electron chi connectivity index (χ4n) is 8.96. The molecule has 0 aromatic heterocycles. The molecule has 0 amide bonds. The summed E-state index contributed by atoms with van der Waals surface area (Å²) < 4.78 is 12.4. The molecule has 0 spiro atoms. The maximum Gasteiger partial charge on any atom is 0.364 e. The molecule has 7 rings (SSSR count). The topological polar surface area (TPSA) is 35.5 Å². The van der Waals surface area contributed by atoms with Crippen LogP contribution in [0.15, 0.2) is 36.4 Å². The van der Waals surface area contributed by atoms with Crippen LogP contribution in [-0.4, -0.2) is 19.5 Å². The Morgan fingerprint density at radius 1 is 0.914 bits per heavy atom. The van der Waals surface area contributed by atoms with Gasteiger partial charge in [-0.1, -0.05) is 71.9 Å². The fraction of sp³-hybridized carbons (Fsp3) is 0.710. The molecular formula is C31H45BO3. The van der Waals surface area contributed by atoms with Gasteiger partial charge in [-0.15, -0.1) is 0 Å². The van der Waals surface area contributed by atoms with Gasteiger partial charge in [0.05, 0.1) is 12.7 Å². The van der Waals surface area contributed by atoms with Crippen LogP contribution in [0.5, 0.6) is 0 Å². The van der Waals surface area contributed by atoms with Gasteiger partial charge in [-0.3, -0.25) is 0 Å². The maximum atomic E-state index is 12.6. The molecule has 0 saturated heterocycles. The molecule has 4 heteroatoms. The third kappa shape index (κ3) is 4.07. The number of ether oxygens (including phenoxy) is 1. The summed E-state index contributed by atoms with van der Waals surface area (Å²) >= 11 is 0. The summed E-state index contributed by atoms with van der Waals surface area (Å²) in [6.45, 7) is 17.2. The van der Waals surface area contributed by atoms with Crippen LogP contribution in [0.4, 0.5) is 0 Å². The number of carbonyl (C=O) groups is 1. The van der Waals surface area contributed by atoms with Crippen LogP contribution in [0.25, 0.3) is 5.76 Å². The second-order valence-electron chi connectivity index (χ2n) is 13.4. The lowest BCUT2D eigenvalue weighted by Gasteiger charge is -2.65. The molecule has 6 aliphatic rings. The van der Waals surface area contributed by atoms with E-state index in [1.165, 1.54) is 25.7 Å². The van der Waals surface area contributed by atoms with E-state index in [0.717, 1.165) is 29.2 Å². The summed E-state index contributed by atoms with van der Waals surface area (Å²) in [5.41, 5.74) is 1.87. The standard InChI is InChI=1S/C31H45BO3/c1-8-34-29(33)18-28(21-12-10-9-11-13-21)35-32(26-16-22-14-24(19(26)2)30(22,4)5)27-17-23-15-25(20(27)3)31(23,6)7/h9-13,18-20,22-27H,8,14-17H2,1-7H3/b28-18-/t19-,20-,22-,23+,24+,25-,26-,27-/m1/s1. The highest BCUT2D eigenvalue weighted by Gasteiger charge is 2.63. The second-order valence-corrected chi connectivity index (χ2v) is 13.4. The zero-order valence-electron chi connectivity index (χ0n) is 22.9. The number of rotatable bonds is 7. The molecule has 0 heterocycles. The summed E-state index contributed by atoms with van der Waals surface area (Å²) in [6.07, 6.45) is 6.85. The Bertz CT molecular complexity index is 925. The molecule has 1 aromatic rings. The Morgan fingerprint density at radius 2 is 1.43 bits per heavy atom. The van der Waals surface area contributed by atoms with E-state index in [9.17, 15) is 4.79 Å². The molecule has 1 aromatic carbocycles. The summed E-state index contributed by atoms with van der Waals surface area (Å²) in [5, 5.41) is 0. The molecule has 190 valence electrons. The number of hydrogen-bond donors (Lipinski definition) is 0. The van der Waals surface area contributed by atoms with Crippen molar-refractivity contribution in [3.05, 3.63) is 42.0 Å². The van der Waals surface area contributed by atoms with Crippen molar-refractivity contribution < 1.29 is 14.2 Å². The number of fused-ring (bicyclic) bond motifs is 4. The summed E-state index contributed by atoms with van der Waals surface area (Å²) in [5.74, 6) is 5.85. The molecule has 4 bridgehead atoms. The Kier molecular flexibility index (Phi) is 6.42. The lowest BCUT2D eigenvalue weighted by Crippen LogP contribution is -2.60. The SMILES string of the molecule is CCOC(=O)/C=C(\OB([C@@H]1C[C@@H]2C[C@H]([C@H]1C)C2(C)C)[C@@H]1C[C@H]2C[C@@H]([C@H]1C)C2(C)C)c1ccccc1. The van der Waals surface area contributed by atoms with Crippen molar-refractivity contribution in [1.82, 2.24) is 0 Å². The molecule has 3 nitrogen and oxygen atoms in total. The van der Waals surface area contributed by atoms with Gasteiger partial charge in [0.1, 0.15) is 5.76 Å². The Labute approximate surface area is 213 Å². The molecule has 6 fully saturated rings. The van der Waals surface area contributed by atoms with E-state index in [4.69, 9.17) is 9.39 Å². The predicted molar refractivity (Wildman–Crippen MR) is 144 cm³/mol. The summed E-state index contributed by atoms with van der Waals surface area (Å²) in [6, 6.07) is 10.2. The van der Waals surface area contributed by atoms with Crippen molar-refractivity contribution in [2.75, 3.05) is 6.61 Å². The lowest BCUT2D eigenvalue weighted by molar-refractivity contribution is -0.137. The Hall–Kier alpha value is -1.71. The molecule has 0 unspecified atom stereocenters. The van der Waals surface area contributed by atoms with Crippen LogP contribution in [0.3, 0.4) is 0 Å². The van der Waals surface area contributed by atoms with Gasteiger partial charge in [0.2, 0.25) is 0 Å². The Morgan fingerprint density at radius 3 is 1.86 bits per heavy atom. The highest BCUT2D eigenvalue weighted by Crippen LogP contribution is 2.69. The van der Waals surface area contributed by atoms with Gasteiger partial charge in [0.25, 0.3) is 0 Å². The van der Waals surface area contributed by atoms with Gasteiger partial charge in [0, 0.05) is 5.56 Å². The van der Waals surface area contributed by atoms with E-state index < -0.39 is 0 Å². The van der Waals surface area contributed by atoms with E-state index in [2.05, 4.69) is 53.7 Å². The first-order valence-corrected chi connectivity index (χ1v) is 14.2. The Balaban J connectivity index is 1.49. The van der Waals surface area contributed by atoms with Crippen LogP contribution in [0, 0.1) is 46.3 Å². The molecule has 0 aliphatic heterocycles. The van der Waals surface area contributed by atoms with E-state index >= 15 is 0 Å². The summed E-state index contributed by atoms with van der Waals surface area (Å²) in [4.78, 5) is 12.6. The minimum Gasteiger partial charge on any atom is -0.560 e. The van der Waals surface area contributed by atoms with Crippen molar-refractivity contribution in [2.24, 2.45) is 46.3 Å². The van der Waals surface area contributed by atoms with E-state index in [0.29, 0.717) is 46.7 Å². The van der Waals surface area contributed by atoms with Gasteiger partial charge in [-0.2, -0.15) is 0 Å². The van der Waals surface area contributed by atoms with Gasteiger partial charge in [0.15, 0.2) is 0 Å². The molecule has 8 atom stereocenters. The van der Waals surface area contributed by atoms with Crippen molar-refractivity contribution in [3.63, 3.8) is 0 Å². The zero-order valence-corrected chi connectivity index (χ0v) is 22.9. The third-order valence-corrected chi connectivity index (χ3v) is 11.5. The van der Waals surface area contributed by atoms with Crippen LogP contribution < -0.4 is 0 Å². The van der Waals surface area contributed by atoms with Crippen LogP contribution in [0.1, 0.15) is 79.7 Å². The van der Waals surface area contributed by atoms with E-state index in [1.807, 2.05) is 25.1 Å². The van der Waals surface area contributed by atoms with Gasteiger partial charge < -0.3 is 9.39 Å². The number of esters is 1. The molecular weight excluding hydrogens is 431 g/mol. The van der Waals surface area contributed by atoms with Crippen molar-refractivity contribution in [2.45, 2.75) is 85.8 Å². The fourth-order valence-corrected chi connectivity index (χ4v) is 8.96. The molecule has 6 saturated carbocycles. The molecule has 6 aliphatic carbocycles. The average Bonchev–Trinajstić information content (AvgIpc) is 2.82. The molecule has 0 N–H and O–H groups in total. The largest absolute Gasteiger partial charge is 0.560 e. The lowest BCUT2D eigenvalue weighted by atomic mass is 9.27. The first-order chi connectivity index (χ1) is 16.6. The van der Waals surface area contributed by atoms with Gasteiger partial charge in [-0.05, 0) is 90.6 Å². The predicted octanol–water partition coefficient (Wildman–Crippen LogP) is 7.74. The third-order valence-electron chi connectivity index (χ3n) is 11.5. The zero-order chi connectivity index (χ0) is 25.1.